The van der Waals surface area contributed by atoms with Gasteiger partial charge in [0, 0.05) is 41.9 Å². The van der Waals surface area contributed by atoms with Crippen LogP contribution in [0.1, 0.15) is 36.1 Å². The summed E-state index contributed by atoms with van der Waals surface area (Å²) in [5, 5.41) is 2.89. The molecule has 0 spiro atoms. The fourth-order valence-electron chi connectivity index (χ4n) is 3.93. The summed E-state index contributed by atoms with van der Waals surface area (Å²) in [6.45, 7) is 4.93. The number of sulfone groups is 1. The van der Waals surface area contributed by atoms with E-state index in [9.17, 15) is 21.6 Å². The number of aromatic nitrogens is 2. The van der Waals surface area contributed by atoms with E-state index >= 15 is 0 Å². The second-order valence-corrected chi connectivity index (χ2v) is 11.1. The van der Waals surface area contributed by atoms with Gasteiger partial charge in [-0.1, -0.05) is 26.0 Å². The van der Waals surface area contributed by atoms with Crippen LogP contribution in [0.15, 0.2) is 53.7 Å². The summed E-state index contributed by atoms with van der Waals surface area (Å²) in [7, 11) is -3.68. The quantitative estimate of drug-likeness (QED) is 0.536. The van der Waals surface area contributed by atoms with Gasteiger partial charge in [0.2, 0.25) is 5.95 Å². The summed E-state index contributed by atoms with van der Waals surface area (Å²) < 4.78 is 63.4. The van der Waals surface area contributed by atoms with Crippen LogP contribution >= 0.6 is 0 Å². The minimum Gasteiger partial charge on any atom is -0.324 e. The number of alkyl halides is 3. The van der Waals surface area contributed by atoms with Crippen LogP contribution in [0.2, 0.25) is 0 Å². The topological polar surface area (TPSA) is 84.3 Å². The number of hydrogen-bond donors (Lipinski definition) is 1. The Morgan fingerprint density at radius 1 is 1.09 bits per heavy atom. The fraction of sp³-hybridized carbons (Fsp3) is 0.292. The minimum absolute atomic E-state index is 0.121. The highest BCUT2D eigenvalue weighted by molar-refractivity contribution is 7.89. The first-order valence-electron chi connectivity index (χ1n) is 10.4. The van der Waals surface area contributed by atoms with E-state index in [0.29, 0.717) is 12.2 Å². The highest BCUT2D eigenvalue weighted by Crippen LogP contribution is 2.35. The van der Waals surface area contributed by atoms with Crippen molar-refractivity contribution >= 4 is 27.7 Å². The molecule has 2 aromatic carbocycles. The molecule has 1 N–H and O–H groups in total. The molecule has 0 atom stereocenters. The zero-order valence-electron chi connectivity index (χ0n) is 18.8. The molecular formula is C24H23F3N4O2S. The molecule has 4 rings (SSSR count). The van der Waals surface area contributed by atoms with Crippen LogP contribution in [-0.4, -0.2) is 37.4 Å². The number of rotatable bonds is 5. The second-order valence-electron chi connectivity index (χ2n) is 8.99. The number of halogens is 3. The van der Waals surface area contributed by atoms with Crippen molar-refractivity contribution < 1.29 is 21.6 Å². The molecule has 0 saturated heterocycles. The van der Waals surface area contributed by atoms with Crippen LogP contribution in [0, 0.1) is 0 Å². The molecule has 0 bridgehead atoms. The molecule has 0 saturated carbocycles. The molecule has 0 radical (unpaired) electrons. The Balaban J connectivity index is 1.66. The van der Waals surface area contributed by atoms with Gasteiger partial charge in [-0.15, -0.1) is 0 Å². The summed E-state index contributed by atoms with van der Waals surface area (Å²) in [6, 6.07) is 11.0. The first kappa shape index (κ1) is 23.9. The molecule has 3 aromatic rings. The molecule has 178 valence electrons. The number of aliphatic imine (C=N–C) groups is 1. The Kier molecular flexibility index (Phi) is 5.97. The lowest BCUT2D eigenvalue weighted by Crippen LogP contribution is -2.26. The molecular weight excluding hydrogens is 465 g/mol. The molecule has 0 amide bonds. The SMILES string of the molecule is CC1(C)CN=Cc2ccc(-c3ccnc(Nc4ccc(C(F)(F)F)c(CS(C)(=O)=O)c4)n3)cc21. The molecule has 10 heteroatoms. The van der Waals surface area contributed by atoms with Crippen LogP contribution < -0.4 is 5.32 Å². The Bertz CT molecular complexity index is 1380. The zero-order valence-corrected chi connectivity index (χ0v) is 19.6. The van der Waals surface area contributed by atoms with Crippen LogP contribution in [0.5, 0.6) is 0 Å². The van der Waals surface area contributed by atoms with E-state index in [-0.39, 0.29) is 22.6 Å². The average Bonchev–Trinajstić information content (AvgIpc) is 2.72. The smallest absolute Gasteiger partial charge is 0.324 e. The van der Waals surface area contributed by atoms with Gasteiger partial charge in [-0.2, -0.15) is 13.2 Å². The number of hydrogen-bond acceptors (Lipinski definition) is 6. The van der Waals surface area contributed by atoms with E-state index in [0.717, 1.165) is 29.0 Å². The predicted octanol–water partition coefficient (Wildman–Crippen LogP) is 5.16. The maximum atomic E-state index is 13.3. The maximum Gasteiger partial charge on any atom is 0.416 e. The molecule has 0 unspecified atom stereocenters. The Labute approximate surface area is 195 Å². The van der Waals surface area contributed by atoms with E-state index < -0.39 is 27.3 Å². The average molecular weight is 489 g/mol. The van der Waals surface area contributed by atoms with Crippen molar-refractivity contribution in [1.29, 1.82) is 0 Å². The lowest BCUT2D eigenvalue weighted by molar-refractivity contribution is -0.138. The van der Waals surface area contributed by atoms with Crippen LogP contribution in [0.3, 0.4) is 0 Å². The largest absolute Gasteiger partial charge is 0.416 e. The van der Waals surface area contributed by atoms with E-state index in [2.05, 4.69) is 40.2 Å². The van der Waals surface area contributed by atoms with Crippen molar-refractivity contribution in [2.45, 2.75) is 31.2 Å². The molecule has 1 aromatic heterocycles. The van der Waals surface area contributed by atoms with Crippen LogP contribution in [-0.2, 0) is 27.2 Å². The molecule has 1 aliphatic heterocycles. The van der Waals surface area contributed by atoms with Gasteiger partial charge in [-0.05, 0) is 47.0 Å². The highest BCUT2D eigenvalue weighted by Gasteiger charge is 2.34. The van der Waals surface area contributed by atoms with Gasteiger partial charge in [-0.3, -0.25) is 4.99 Å². The molecule has 6 nitrogen and oxygen atoms in total. The normalized spacial score (nSPS) is 15.1. The van der Waals surface area contributed by atoms with Crippen molar-refractivity contribution in [1.82, 2.24) is 9.97 Å². The first-order chi connectivity index (χ1) is 15.8. The molecule has 0 fully saturated rings. The van der Waals surface area contributed by atoms with Gasteiger partial charge in [0.25, 0.3) is 0 Å². The van der Waals surface area contributed by atoms with Gasteiger partial charge in [0.05, 0.1) is 17.0 Å². The molecule has 0 aliphatic carbocycles. The van der Waals surface area contributed by atoms with Crippen LogP contribution in [0.25, 0.3) is 11.3 Å². The molecule has 2 heterocycles. The molecule has 1 aliphatic rings. The van der Waals surface area contributed by atoms with E-state index in [1.165, 1.54) is 12.1 Å². The third-order valence-electron chi connectivity index (χ3n) is 5.54. The van der Waals surface area contributed by atoms with Gasteiger partial charge in [0.15, 0.2) is 9.84 Å². The van der Waals surface area contributed by atoms with Gasteiger partial charge < -0.3 is 5.32 Å². The first-order valence-corrected chi connectivity index (χ1v) is 12.5. The second kappa shape index (κ2) is 8.50. The summed E-state index contributed by atoms with van der Waals surface area (Å²) in [5.41, 5.74) is 2.53. The van der Waals surface area contributed by atoms with Gasteiger partial charge in [0.1, 0.15) is 0 Å². The zero-order chi connectivity index (χ0) is 24.7. The fourth-order valence-corrected chi connectivity index (χ4v) is 4.73. The highest BCUT2D eigenvalue weighted by atomic mass is 32.2. The Morgan fingerprint density at radius 2 is 1.85 bits per heavy atom. The number of anilines is 2. The number of nitrogens with zero attached hydrogens (tertiary/aromatic N) is 3. The summed E-state index contributed by atoms with van der Waals surface area (Å²) in [4.78, 5) is 13.1. The lowest BCUT2D eigenvalue weighted by atomic mass is 9.79. The lowest BCUT2D eigenvalue weighted by Gasteiger charge is -2.28. The van der Waals surface area contributed by atoms with Crippen LogP contribution in [0.4, 0.5) is 24.8 Å². The third kappa shape index (κ3) is 5.27. The van der Waals surface area contributed by atoms with Crippen molar-refractivity contribution in [3.63, 3.8) is 0 Å². The third-order valence-corrected chi connectivity index (χ3v) is 6.37. The Morgan fingerprint density at radius 3 is 2.56 bits per heavy atom. The summed E-state index contributed by atoms with van der Waals surface area (Å²) in [5.74, 6) is -0.548. The number of nitrogens with one attached hydrogen (secondary N) is 1. The van der Waals surface area contributed by atoms with E-state index in [1.807, 2.05) is 18.3 Å². The minimum atomic E-state index is -4.67. The van der Waals surface area contributed by atoms with E-state index in [1.54, 1.807) is 12.3 Å². The number of benzene rings is 2. The van der Waals surface area contributed by atoms with E-state index in [4.69, 9.17) is 0 Å². The van der Waals surface area contributed by atoms with Gasteiger partial charge in [-0.25, -0.2) is 18.4 Å². The monoisotopic (exact) mass is 488 g/mol. The predicted molar refractivity (Wildman–Crippen MR) is 126 cm³/mol. The maximum absolute atomic E-state index is 13.3. The van der Waals surface area contributed by atoms with Crippen molar-refractivity contribution in [2.75, 3.05) is 18.1 Å². The summed E-state index contributed by atoms with van der Waals surface area (Å²) in [6.07, 6.45) is -0.361. The van der Waals surface area contributed by atoms with Crippen molar-refractivity contribution in [3.05, 3.63) is 70.9 Å². The number of fused-ring (bicyclic) bond motifs is 1. The standard InChI is InChI=1S/C24H23F3N4O2S/c1-23(2)14-28-12-16-5-4-15(11-20(16)23)21-8-9-29-22(31-21)30-18-6-7-19(24(25,26)27)17(10-18)13-34(3,32)33/h4-12H,13-14H2,1-3H3,(H,29,30,31). The van der Waals surface area contributed by atoms with Crippen molar-refractivity contribution in [3.8, 4) is 11.3 Å². The Hall–Kier alpha value is -3.27. The molecule has 34 heavy (non-hydrogen) atoms. The summed E-state index contributed by atoms with van der Waals surface area (Å²) >= 11 is 0. The van der Waals surface area contributed by atoms with Gasteiger partial charge >= 0.3 is 6.18 Å². The van der Waals surface area contributed by atoms with Crippen molar-refractivity contribution in [2.24, 2.45) is 4.99 Å².